The Morgan fingerprint density at radius 3 is 2.33 bits per heavy atom. The Morgan fingerprint density at radius 2 is 1.73 bits per heavy atom. The van der Waals surface area contributed by atoms with Crippen LogP contribution in [-0.4, -0.2) is 60.0 Å². The van der Waals surface area contributed by atoms with Crippen LogP contribution in [-0.2, 0) is 0 Å². The molecule has 7 nitrogen and oxygen atoms in total. The van der Waals surface area contributed by atoms with Gasteiger partial charge in [-0.05, 0) is 52.0 Å². The van der Waals surface area contributed by atoms with Crippen LogP contribution in [0.1, 0.15) is 38.1 Å². The highest BCUT2D eigenvalue weighted by molar-refractivity contribution is 6.00. The zero-order valence-electron chi connectivity index (χ0n) is 20.3. The van der Waals surface area contributed by atoms with Crippen LogP contribution in [0.15, 0.2) is 54.7 Å². The molecule has 1 amide bonds. The van der Waals surface area contributed by atoms with Crippen LogP contribution in [0.5, 0.6) is 11.5 Å². The van der Waals surface area contributed by atoms with E-state index in [0.29, 0.717) is 41.4 Å². The van der Waals surface area contributed by atoms with Gasteiger partial charge in [0.15, 0.2) is 0 Å². The first-order chi connectivity index (χ1) is 15.8. The third kappa shape index (κ3) is 5.73. The van der Waals surface area contributed by atoms with Crippen molar-refractivity contribution in [3.63, 3.8) is 0 Å². The van der Waals surface area contributed by atoms with Crippen LogP contribution >= 0.6 is 0 Å². The summed E-state index contributed by atoms with van der Waals surface area (Å²) in [5.74, 6) is 1.09. The molecule has 1 N–H and O–H groups in total. The van der Waals surface area contributed by atoms with Crippen molar-refractivity contribution in [2.75, 3.05) is 27.3 Å². The van der Waals surface area contributed by atoms with Crippen molar-refractivity contribution in [3.05, 3.63) is 60.3 Å². The minimum absolute atomic E-state index is 0.169. The molecular formula is C26H34N4O3. The third-order valence-electron chi connectivity index (χ3n) is 5.63. The smallest absolute Gasteiger partial charge is 0.255 e. The highest BCUT2D eigenvalue weighted by Gasteiger charge is 2.22. The number of hydrogen-bond donors (Lipinski definition) is 1. The van der Waals surface area contributed by atoms with Crippen molar-refractivity contribution in [2.24, 2.45) is 0 Å². The van der Waals surface area contributed by atoms with Crippen LogP contribution < -0.4 is 14.8 Å². The zero-order chi connectivity index (χ0) is 24.0. The van der Waals surface area contributed by atoms with E-state index in [0.717, 1.165) is 17.8 Å². The molecule has 0 saturated heterocycles. The molecular weight excluding hydrogens is 416 g/mol. The number of carbonyl (C=O) groups is 1. The second kappa shape index (κ2) is 11.0. The summed E-state index contributed by atoms with van der Waals surface area (Å²) in [7, 11) is 3.20. The molecule has 0 spiro atoms. The number of nitrogens with one attached hydrogen (secondary N) is 1. The van der Waals surface area contributed by atoms with Gasteiger partial charge in [-0.25, -0.2) is 4.68 Å². The highest BCUT2D eigenvalue weighted by Crippen LogP contribution is 2.34. The number of aromatic nitrogens is 2. The summed E-state index contributed by atoms with van der Waals surface area (Å²) >= 11 is 0. The number of benzene rings is 2. The number of nitrogens with zero attached hydrogens (tertiary/aromatic N) is 3. The van der Waals surface area contributed by atoms with Crippen LogP contribution in [0.25, 0.3) is 16.9 Å². The van der Waals surface area contributed by atoms with Gasteiger partial charge < -0.3 is 14.8 Å². The monoisotopic (exact) mass is 450 g/mol. The minimum atomic E-state index is -0.169. The third-order valence-corrected chi connectivity index (χ3v) is 5.63. The lowest BCUT2D eigenvalue weighted by atomic mass is 10.1. The molecule has 0 unspecified atom stereocenters. The van der Waals surface area contributed by atoms with E-state index in [2.05, 4.69) is 37.9 Å². The molecule has 0 atom stereocenters. The Balaban J connectivity index is 1.95. The topological polar surface area (TPSA) is 68.6 Å². The van der Waals surface area contributed by atoms with E-state index in [9.17, 15) is 4.79 Å². The number of amides is 1. The molecule has 1 aromatic heterocycles. The standard InChI is InChI=1S/C26H34N4O3/c1-18(2)29(19(3)4)15-14-27-26(31)23-17-30(20-10-8-7-9-11-20)28-25(23)22-13-12-21(32-5)16-24(22)33-6/h7-13,16-19H,14-15H2,1-6H3,(H,27,31). The summed E-state index contributed by atoms with van der Waals surface area (Å²) in [4.78, 5) is 15.6. The predicted octanol–water partition coefficient (Wildman–Crippen LogP) is 4.41. The van der Waals surface area contributed by atoms with Crippen molar-refractivity contribution in [3.8, 4) is 28.4 Å². The zero-order valence-corrected chi connectivity index (χ0v) is 20.3. The first-order valence-electron chi connectivity index (χ1n) is 11.3. The highest BCUT2D eigenvalue weighted by atomic mass is 16.5. The Bertz CT molecular complexity index is 1050. The molecule has 0 aliphatic rings. The fourth-order valence-electron chi connectivity index (χ4n) is 3.95. The van der Waals surface area contributed by atoms with Crippen LogP contribution in [0.3, 0.4) is 0 Å². The Hall–Kier alpha value is -3.32. The summed E-state index contributed by atoms with van der Waals surface area (Å²) in [5.41, 5.74) is 2.64. The lowest BCUT2D eigenvalue weighted by molar-refractivity contribution is 0.0940. The molecule has 0 aliphatic carbocycles. The molecule has 7 heteroatoms. The minimum Gasteiger partial charge on any atom is -0.497 e. The van der Waals surface area contributed by atoms with Gasteiger partial charge in [0.1, 0.15) is 17.2 Å². The predicted molar refractivity (Wildman–Crippen MR) is 131 cm³/mol. The summed E-state index contributed by atoms with van der Waals surface area (Å²) in [6.07, 6.45) is 1.77. The number of carbonyl (C=O) groups excluding carboxylic acids is 1. The Labute approximate surface area is 196 Å². The van der Waals surface area contributed by atoms with Crippen molar-refractivity contribution >= 4 is 5.91 Å². The quantitative estimate of drug-likeness (QED) is 0.496. The molecule has 0 bridgehead atoms. The van der Waals surface area contributed by atoms with Gasteiger partial charge in [-0.1, -0.05) is 18.2 Å². The summed E-state index contributed by atoms with van der Waals surface area (Å²) in [6.45, 7) is 9.99. The maximum Gasteiger partial charge on any atom is 0.255 e. The van der Waals surface area contributed by atoms with Crippen LogP contribution in [0.4, 0.5) is 0 Å². The van der Waals surface area contributed by atoms with E-state index >= 15 is 0 Å². The van der Waals surface area contributed by atoms with Crippen molar-refractivity contribution in [2.45, 2.75) is 39.8 Å². The SMILES string of the molecule is COc1ccc(-c2nn(-c3ccccc3)cc2C(=O)NCCN(C(C)C)C(C)C)c(OC)c1. The first kappa shape index (κ1) is 24.3. The maximum atomic E-state index is 13.3. The Kier molecular flexibility index (Phi) is 8.11. The molecule has 0 aliphatic heterocycles. The van der Waals surface area contributed by atoms with E-state index in [1.165, 1.54) is 0 Å². The van der Waals surface area contributed by atoms with E-state index in [4.69, 9.17) is 14.6 Å². The summed E-state index contributed by atoms with van der Waals surface area (Å²) in [5, 5.41) is 7.83. The molecule has 2 aromatic carbocycles. The number of para-hydroxylation sites is 1. The molecule has 0 radical (unpaired) electrons. The molecule has 0 saturated carbocycles. The normalized spacial score (nSPS) is 11.3. The molecule has 1 heterocycles. The van der Waals surface area contributed by atoms with Gasteiger partial charge in [-0.3, -0.25) is 9.69 Å². The van der Waals surface area contributed by atoms with Gasteiger partial charge in [-0.2, -0.15) is 5.10 Å². The fraction of sp³-hybridized carbons (Fsp3) is 0.385. The molecule has 33 heavy (non-hydrogen) atoms. The average molecular weight is 451 g/mol. The first-order valence-corrected chi connectivity index (χ1v) is 11.3. The second-order valence-corrected chi connectivity index (χ2v) is 8.42. The number of hydrogen-bond acceptors (Lipinski definition) is 5. The lowest BCUT2D eigenvalue weighted by Gasteiger charge is -2.30. The van der Waals surface area contributed by atoms with Crippen LogP contribution in [0.2, 0.25) is 0 Å². The van der Waals surface area contributed by atoms with Gasteiger partial charge in [0.25, 0.3) is 5.91 Å². The van der Waals surface area contributed by atoms with Crippen molar-refractivity contribution in [1.29, 1.82) is 0 Å². The van der Waals surface area contributed by atoms with E-state index < -0.39 is 0 Å². The van der Waals surface area contributed by atoms with Crippen molar-refractivity contribution < 1.29 is 14.3 Å². The Morgan fingerprint density at radius 1 is 1.03 bits per heavy atom. The fourth-order valence-corrected chi connectivity index (χ4v) is 3.95. The number of ether oxygens (including phenoxy) is 2. The maximum absolute atomic E-state index is 13.3. The van der Waals surface area contributed by atoms with Gasteiger partial charge >= 0.3 is 0 Å². The average Bonchev–Trinajstić information content (AvgIpc) is 3.26. The van der Waals surface area contributed by atoms with Crippen molar-refractivity contribution in [1.82, 2.24) is 20.0 Å². The summed E-state index contributed by atoms with van der Waals surface area (Å²) < 4.78 is 12.6. The number of rotatable bonds is 10. The van der Waals surface area contributed by atoms with Crippen LogP contribution in [0, 0.1) is 0 Å². The van der Waals surface area contributed by atoms with Gasteiger partial charge in [-0.15, -0.1) is 0 Å². The molecule has 176 valence electrons. The van der Waals surface area contributed by atoms with E-state index in [-0.39, 0.29) is 5.91 Å². The molecule has 3 rings (SSSR count). The second-order valence-electron chi connectivity index (χ2n) is 8.42. The van der Waals surface area contributed by atoms with Gasteiger partial charge in [0.05, 0.1) is 25.5 Å². The molecule has 3 aromatic rings. The van der Waals surface area contributed by atoms with Gasteiger partial charge in [0.2, 0.25) is 0 Å². The van der Waals surface area contributed by atoms with E-state index in [1.807, 2.05) is 42.5 Å². The lowest BCUT2D eigenvalue weighted by Crippen LogP contribution is -2.42. The van der Waals surface area contributed by atoms with E-state index in [1.54, 1.807) is 31.2 Å². The van der Waals surface area contributed by atoms with Gasteiger partial charge in [0, 0.05) is 43.0 Å². The summed E-state index contributed by atoms with van der Waals surface area (Å²) in [6, 6.07) is 16.0. The number of methoxy groups -OCH3 is 2. The molecule has 0 fully saturated rings. The largest absolute Gasteiger partial charge is 0.497 e.